The maximum atomic E-state index is 13.1. The number of urea groups is 1. The van der Waals surface area contributed by atoms with Gasteiger partial charge >= 0.3 is 6.03 Å². The number of hydrogen-bond donors (Lipinski definition) is 2. The Labute approximate surface area is 118 Å². The van der Waals surface area contributed by atoms with Crippen LogP contribution >= 0.6 is 0 Å². The zero-order chi connectivity index (χ0) is 13.9. The van der Waals surface area contributed by atoms with Crippen LogP contribution in [0.15, 0.2) is 24.3 Å². The van der Waals surface area contributed by atoms with Gasteiger partial charge < -0.3 is 15.5 Å². The van der Waals surface area contributed by atoms with Crippen molar-refractivity contribution in [2.75, 3.05) is 18.4 Å². The van der Waals surface area contributed by atoms with Crippen molar-refractivity contribution in [3.05, 3.63) is 30.1 Å². The van der Waals surface area contributed by atoms with Crippen molar-refractivity contribution in [3.8, 4) is 0 Å². The van der Waals surface area contributed by atoms with Crippen molar-refractivity contribution in [3.63, 3.8) is 0 Å². The van der Waals surface area contributed by atoms with Crippen LogP contribution < -0.4 is 10.6 Å². The number of nitrogens with zero attached hydrogens (tertiary/aromatic N) is 1. The van der Waals surface area contributed by atoms with Crippen molar-refractivity contribution in [2.45, 2.75) is 37.8 Å². The fourth-order valence-corrected chi connectivity index (χ4v) is 2.70. The molecule has 1 aromatic carbocycles. The summed E-state index contributed by atoms with van der Waals surface area (Å²) < 4.78 is 13.1. The van der Waals surface area contributed by atoms with Gasteiger partial charge in [0.1, 0.15) is 5.82 Å². The predicted octanol–water partition coefficient (Wildman–Crippen LogP) is 2.57. The van der Waals surface area contributed by atoms with Crippen LogP contribution in [0, 0.1) is 5.82 Å². The van der Waals surface area contributed by atoms with Gasteiger partial charge in [-0.3, -0.25) is 0 Å². The Morgan fingerprint density at radius 1 is 1.40 bits per heavy atom. The lowest BCUT2D eigenvalue weighted by Gasteiger charge is -2.26. The minimum Gasteiger partial charge on any atom is -0.320 e. The Bertz CT molecular complexity index is 484. The van der Waals surface area contributed by atoms with Gasteiger partial charge in [0.15, 0.2) is 0 Å². The molecule has 3 rings (SSSR count). The lowest BCUT2D eigenvalue weighted by molar-refractivity contribution is 0.203. The van der Waals surface area contributed by atoms with Gasteiger partial charge in [-0.25, -0.2) is 9.18 Å². The number of carbonyl (C=O) groups is 1. The molecule has 0 spiro atoms. The van der Waals surface area contributed by atoms with Gasteiger partial charge in [-0.1, -0.05) is 6.07 Å². The van der Waals surface area contributed by atoms with Crippen LogP contribution in [-0.4, -0.2) is 36.1 Å². The van der Waals surface area contributed by atoms with Crippen molar-refractivity contribution in [1.29, 1.82) is 0 Å². The first-order chi connectivity index (χ1) is 9.72. The lowest BCUT2D eigenvalue weighted by atomic mass is 10.2. The van der Waals surface area contributed by atoms with Crippen molar-refractivity contribution in [2.24, 2.45) is 0 Å². The average Bonchev–Trinajstić information content (AvgIpc) is 3.12. The molecule has 2 N–H and O–H groups in total. The van der Waals surface area contributed by atoms with E-state index in [1.807, 2.05) is 4.90 Å². The number of anilines is 1. The molecule has 2 fully saturated rings. The Balaban J connectivity index is 1.63. The Morgan fingerprint density at radius 3 is 2.90 bits per heavy atom. The topological polar surface area (TPSA) is 44.4 Å². The highest BCUT2D eigenvalue weighted by atomic mass is 19.1. The molecule has 0 radical (unpaired) electrons. The number of carbonyl (C=O) groups excluding carboxylic acids is 1. The molecule has 0 bridgehead atoms. The number of halogens is 1. The highest BCUT2D eigenvalue weighted by molar-refractivity contribution is 5.89. The zero-order valence-electron chi connectivity index (χ0n) is 11.4. The molecular formula is C15H20FN3O. The van der Waals surface area contributed by atoms with E-state index in [1.54, 1.807) is 12.1 Å². The van der Waals surface area contributed by atoms with Crippen LogP contribution in [0.25, 0.3) is 0 Å². The second kappa shape index (κ2) is 5.79. The smallest absolute Gasteiger partial charge is 0.320 e. The molecule has 1 saturated heterocycles. The minimum absolute atomic E-state index is 0.119. The molecule has 1 saturated carbocycles. The quantitative estimate of drug-likeness (QED) is 0.888. The zero-order valence-corrected chi connectivity index (χ0v) is 11.4. The molecule has 4 nitrogen and oxygen atoms in total. The van der Waals surface area contributed by atoms with E-state index in [1.165, 1.54) is 18.6 Å². The molecular weight excluding hydrogens is 257 g/mol. The predicted molar refractivity (Wildman–Crippen MR) is 76.2 cm³/mol. The molecule has 1 atom stereocenters. The summed E-state index contributed by atoms with van der Waals surface area (Å²) in [5.74, 6) is -0.335. The second-order valence-corrected chi connectivity index (χ2v) is 5.62. The van der Waals surface area contributed by atoms with Crippen LogP contribution in [-0.2, 0) is 0 Å². The third-order valence-electron chi connectivity index (χ3n) is 3.90. The molecule has 1 heterocycles. The van der Waals surface area contributed by atoms with Crippen LogP contribution in [0.4, 0.5) is 14.9 Å². The molecule has 2 amide bonds. The Morgan fingerprint density at radius 2 is 2.25 bits per heavy atom. The van der Waals surface area contributed by atoms with E-state index >= 15 is 0 Å². The first-order valence-corrected chi connectivity index (χ1v) is 7.29. The van der Waals surface area contributed by atoms with Crippen LogP contribution in [0.1, 0.15) is 25.7 Å². The van der Waals surface area contributed by atoms with E-state index in [2.05, 4.69) is 10.6 Å². The van der Waals surface area contributed by atoms with Gasteiger partial charge in [0, 0.05) is 24.3 Å². The number of nitrogens with one attached hydrogen (secondary N) is 2. The first kappa shape index (κ1) is 13.4. The Hall–Kier alpha value is -1.62. The summed E-state index contributed by atoms with van der Waals surface area (Å²) in [4.78, 5) is 14.3. The third-order valence-corrected chi connectivity index (χ3v) is 3.90. The first-order valence-electron chi connectivity index (χ1n) is 7.29. The summed E-state index contributed by atoms with van der Waals surface area (Å²) in [5.41, 5.74) is 0.514. The summed E-state index contributed by atoms with van der Waals surface area (Å²) in [7, 11) is 0. The van der Waals surface area contributed by atoms with E-state index in [4.69, 9.17) is 0 Å². The van der Waals surface area contributed by atoms with Gasteiger partial charge in [-0.2, -0.15) is 0 Å². The Kier molecular flexibility index (Phi) is 3.87. The van der Waals surface area contributed by atoms with Crippen molar-refractivity contribution in [1.82, 2.24) is 10.2 Å². The van der Waals surface area contributed by atoms with Gasteiger partial charge in [0.05, 0.1) is 0 Å². The minimum atomic E-state index is -0.335. The number of rotatable bonds is 4. The summed E-state index contributed by atoms with van der Waals surface area (Å²) in [6, 6.07) is 6.66. The summed E-state index contributed by atoms with van der Waals surface area (Å²) in [5, 5.41) is 6.21. The summed E-state index contributed by atoms with van der Waals surface area (Å²) in [6.45, 7) is 1.78. The van der Waals surface area contributed by atoms with Gasteiger partial charge in [0.25, 0.3) is 0 Å². The fraction of sp³-hybridized carbons (Fsp3) is 0.533. The fourth-order valence-electron chi connectivity index (χ4n) is 2.70. The largest absolute Gasteiger partial charge is 0.322 e. The van der Waals surface area contributed by atoms with E-state index in [9.17, 15) is 9.18 Å². The number of hydrogen-bond acceptors (Lipinski definition) is 2. The van der Waals surface area contributed by atoms with E-state index in [0.29, 0.717) is 17.8 Å². The third kappa shape index (κ3) is 3.28. The molecule has 1 aliphatic carbocycles. The highest BCUT2D eigenvalue weighted by Crippen LogP contribution is 2.28. The highest BCUT2D eigenvalue weighted by Gasteiger charge is 2.34. The lowest BCUT2D eigenvalue weighted by Crippen LogP contribution is -2.44. The van der Waals surface area contributed by atoms with Gasteiger partial charge in [-0.05, 0) is 50.4 Å². The monoisotopic (exact) mass is 277 g/mol. The van der Waals surface area contributed by atoms with Crippen LogP contribution in [0.3, 0.4) is 0 Å². The molecule has 20 heavy (non-hydrogen) atoms. The van der Waals surface area contributed by atoms with Crippen molar-refractivity contribution >= 4 is 11.7 Å². The van der Waals surface area contributed by atoms with Gasteiger partial charge in [-0.15, -0.1) is 0 Å². The van der Waals surface area contributed by atoms with E-state index in [-0.39, 0.29) is 11.8 Å². The molecule has 1 aliphatic heterocycles. The average molecular weight is 277 g/mol. The summed E-state index contributed by atoms with van der Waals surface area (Å²) in [6.07, 6.45) is 4.44. The van der Waals surface area contributed by atoms with E-state index in [0.717, 1.165) is 32.4 Å². The molecule has 5 heteroatoms. The molecule has 2 aliphatic rings. The van der Waals surface area contributed by atoms with Crippen molar-refractivity contribution < 1.29 is 9.18 Å². The van der Waals surface area contributed by atoms with Crippen LogP contribution in [0.2, 0.25) is 0 Å². The SMILES string of the molecule is O=C(Nc1cccc(F)c1)N(CC1CCCN1)C1CC1. The molecule has 108 valence electrons. The summed E-state index contributed by atoms with van der Waals surface area (Å²) >= 11 is 0. The maximum absolute atomic E-state index is 13.1. The van der Waals surface area contributed by atoms with E-state index < -0.39 is 0 Å². The normalized spacial score (nSPS) is 21.8. The van der Waals surface area contributed by atoms with Gasteiger partial charge in [0.2, 0.25) is 0 Å². The second-order valence-electron chi connectivity index (χ2n) is 5.62. The number of benzene rings is 1. The number of amides is 2. The van der Waals surface area contributed by atoms with Crippen LogP contribution in [0.5, 0.6) is 0 Å². The molecule has 1 unspecified atom stereocenters. The molecule has 1 aromatic rings. The molecule has 0 aromatic heterocycles. The maximum Gasteiger partial charge on any atom is 0.322 e. The standard InChI is InChI=1S/C15H20FN3O/c16-11-3-1-4-12(9-11)18-15(20)19(14-6-7-14)10-13-5-2-8-17-13/h1,3-4,9,13-14,17H,2,5-8,10H2,(H,18,20).